The van der Waals surface area contributed by atoms with Crippen molar-refractivity contribution in [2.45, 2.75) is 6.92 Å². The van der Waals surface area contributed by atoms with Crippen LogP contribution in [-0.4, -0.2) is 39.3 Å². The zero-order chi connectivity index (χ0) is 20.4. The summed E-state index contributed by atoms with van der Waals surface area (Å²) in [6, 6.07) is 9.24. The Hall–Kier alpha value is -3.68. The maximum absolute atomic E-state index is 5.49. The SMILES string of the molecule is COc1cc(OC)c(C=NNc2cc(C)nc3cc4c(cc23)OCO4)c(OC)c1. The summed E-state index contributed by atoms with van der Waals surface area (Å²) in [7, 11) is 4.76. The molecule has 8 heteroatoms. The van der Waals surface area contributed by atoms with Gasteiger partial charge in [0.1, 0.15) is 17.2 Å². The Morgan fingerprint density at radius 3 is 2.31 bits per heavy atom. The third-order valence-electron chi connectivity index (χ3n) is 4.56. The molecule has 0 unspecified atom stereocenters. The summed E-state index contributed by atoms with van der Waals surface area (Å²) in [5.74, 6) is 3.19. The molecule has 1 aliphatic rings. The molecule has 3 aromatic rings. The number of methoxy groups -OCH3 is 3. The highest BCUT2D eigenvalue weighted by atomic mass is 16.7. The number of hydrogen-bond acceptors (Lipinski definition) is 8. The third-order valence-corrected chi connectivity index (χ3v) is 4.56. The summed E-state index contributed by atoms with van der Waals surface area (Å²) in [5, 5.41) is 5.27. The minimum absolute atomic E-state index is 0.211. The van der Waals surface area contributed by atoms with Crippen molar-refractivity contribution in [1.29, 1.82) is 0 Å². The van der Waals surface area contributed by atoms with Gasteiger partial charge in [-0.1, -0.05) is 0 Å². The summed E-state index contributed by atoms with van der Waals surface area (Å²) < 4.78 is 27.1. The monoisotopic (exact) mass is 395 g/mol. The van der Waals surface area contributed by atoms with Crippen LogP contribution in [0.2, 0.25) is 0 Å². The van der Waals surface area contributed by atoms with Gasteiger partial charge in [-0.25, -0.2) is 0 Å². The number of hydrazone groups is 1. The second-order valence-corrected chi connectivity index (χ2v) is 6.35. The van der Waals surface area contributed by atoms with Gasteiger partial charge in [0, 0.05) is 29.3 Å². The van der Waals surface area contributed by atoms with Gasteiger partial charge in [0.05, 0.1) is 44.3 Å². The minimum atomic E-state index is 0.211. The molecular weight excluding hydrogens is 374 g/mol. The Morgan fingerprint density at radius 1 is 0.966 bits per heavy atom. The molecular formula is C21H21N3O5. The number of aryl methyl sites for hydroxylation is 1. The number of pyridine rings is 1. The van der Waals surface area contributed by atoms with E-state index in [0.29, 0.717) is 34.3 Å². The number of aromatic nitrogens is 1. The lowest BCUT2D eigenvalue weighted by atomic mass is 10.1. The topological polar surface area (TPSA) is 83.4 Å². The predicted octanol–water partition coefficient (Wildman–Crippen LogP) is 3.74. The second-order valence-electron chi connectivity index (χ2n) is 6.35. The quantitative estimate of drug-likeness (QED) is 0.503. The van der Waals surface area contributed by atoms with Gasteiger partial charge in [0.2, 0.25) is 6.79 Å². The maximum atomic E-state index is 5.49. The van der Waals surface area contributed by atoms with E-state index < -0.39 is 0 Å². The number of rotatable bonds is 6. The van der Waals surface area contributed by atoms with Gasteiger partial charge < -0.3 is 23.7 Å². The Kier molecular flexibility index (Phi) is 4.99. The molecule has 1 aromatic heterocycles. The van der Waals surface area contributed by atoms with E-state index in [1.807, 2.05) is 25.1 Å². The zero-order valence-electron chi connectivity index (χ0n) is 16.6. The molecule has 2 heterocycles. The molecule has 1 aliphatic heterocycles. The van der Waals surface area contributed by atoms with Crippen molar-refractivity contribution in [3.8, 4) is 28.7 Å². The van der Waals surface area contributed by atoms with Gasteiger partial charge in [-0.3, -0.25) is 10.4 Å². The number of fused-ring (bicyclic) bond motifs is 2. The smallest absolute Gasteiger partial charge is 0.231 e. The Morgan fingerprint density at radius 2 is 1.66 bits per heavy atom. The lowest BCUT2D eigenvalue weighted by Gasteiger charge is -2.12. The fourth-order valence-electron chi connectivity index (χ4n) is 3.17. The molecule has 2 aromatic carbocycles. The van der Waals surface area contributed by atoms with E-state index in [9.17, 15) is 0 Å². The van der Waals surface area contributed by atoms with Gasteiger partial charge in [0.25, 0.3) is 0 Å². The lowest BCUT2D eigenvalue weighted by Crippen LogP contribution is -2.00. The van der Waals surface area contributed by atoms with Crippen LogP contribution < -0.4 is 29.1 Å². The zero-order valence-corrected chi connectivity index (χ0v) is 16.6. The van der Waals surface area contributed by atoms with Crippen LogP contribution in [0.15, 0.2) is 35.4 Å². The Bertz CT molecular complexity index is 1070. The van der Waals surface area contributed by atoms with Gasteiger partial charge in [-0.2, -0.15) is 5.10 Å². The van der Waals surface area contributed by atoms with E-state index in [4.69, 9.17) is 23.7 Å². The Balaban J connectivity index is 1.69. The first-order valence-corrected chi connectivity index (χ1v) is 8.93. The fraction of sp³-hybridized carbons (Fsp3) is 0.238. The molecule has 0 saturated heterocycles. The maximum Gasteiger partial charge on any atom is 0.231 e. The van der Waals surface area contributed by atoms with Gasteiger partial charge in [0.15, 0.2) is 11.5 Å². The summed E-state index contributed by atoms with van der Waals surface area (Å²) in [4.78, 5) is 4.57. The van der Waals surface area contributed by atoms with Crippen molar-refractivity contribution in [2.75, 3.05) is 33.5 Å². The molecule has 0 aliphatic carbocycles. The number of nitrogens with one attached hydrogen (secondary N) is 1. The van der Waals surface area contributed by atoms with Crippen molar-refractivity contribution in [2.24, 2.45) is 5.10 Å². The lowest BCUT2D eigenvalue weighted by molar-refractivity contribution is 0.174. The molecule has 4 rings (SSSR count). The van der Waals surface area contributed by atoms with Gasteiger partial charge in [-0.15, -0.1) is 0 Å². The number of hydrogen-bond donors (Lipinski definition) is 1. The highest BCUT2D eigenvalue weighted by Crippen LogP contribution is 2.38. The van der Waals surface area contributed by atoms with Crippen molar-refractivity contribution >= 4 is 22.8 Å². The van der Waals surface area contributed by atoms with Crippen molar-refractivity contribution in [3.05, 3.63) is 41.6 Å². The van der Waals surface area contributed by atoms with Crippen molar-refractivity contribution in [1.82, 2.24) is 4.98 Å². The highest BCUT2D eigenvalue weighted by molar-refractivity contribution is 5.95. The van der Waals surface area contributed by atoms with E-state index in [0.717, 1.165) is 22.3 Å². The molecule has 0 atom stereocenters. The van der Waals surface area contributed by atoms with Crippen LogP contribution in [0, 0.1) is 6.92 Å². The average Bonchev–Trinajstić information content (AvgIpc) is 3.19. The minimum Gasteiger partial charge on any atom is -0.496 e. The van der Waals surface area contributed by atoms with Crippen LogP contribution in [0.1, 0.15) is 11.3 Å². The molecule has 0 spiro atoms. The van der Waals surface area contributed by atoms with Crippen LogP contribution in [0.4, 0.5) is 5.69 Å². The third kappa shape index (κ3) is 3.56. The summed E-state index contributed by atoms with van der Waals surface area (Å²) >= 11 is 0. The van der Waals surface area contributed by atoms with E-state index in [2.05, 4.69) is 15.5 Å². The van der Waals surface area contributed by atoms with Crippen molar-refractivity contribution in [3.63, 3.8) is 0 Å². The summed E-state index contributed by atoms with van der Waals surface area (Å²) in [6.07, 6.45) is 1.64. The number of anilines is 1. The van der Waals surface area contributed by atoms with Crippen LogP contribution in [0.25, 0.3) is 10.9 Å². The van der Waals surface area contributed by atoms with Gasteiger partial charge >= 0.3 is 0 Å². The molecule has 0 saturated carbocycles. The van der Waals surface area contributed by atoms with Crippen LogP contribution in [0.5, 0.6) is 28.7 Å². The molecule has 29 heavy (non-hydrogen) atoms. The molecule has 1 N–H and O–H groups in total. The highest BCUT2D eigenvalue weighted by Gasteiger charge is 2.17. The largest absolute Gasteiger partial charge is 0.496 e. The molecule has 0 radical (unpaired) electrons. The standard InChI is InChI=1S/C21H21N3O5/c1-12-5-17(14-8-20-21(29-11-28-20)9-16(14)23-12)24-22-10-15-18(26-3)6-13(25-2)7-19(15)27-4/h5-10H,11H2,1-4H3,(H,23,24). The number of ether oxygens (including phenoxy) is 5. The molecule has 8 nitrogen and oxygen atoms in total. The fourth-order valence-corrected chi connectivity index (χ4v) is 3.17. The van der Waals surface area contributed by atoms with E-state index in [-0.39, 0.29) is 6.79 Å². The van der Waals surface area contributed by atoms with Crippen LogP contribution in [-0.2, 0) is 0 Å². The van der Waals surface area contributed by atoms with Crippen LogP contribution in [0.3, 0.4) is 0 Å². The molecule has 0 amide bonds. The van der Waals surface area contributed by atoms with E-state index in [1.165, 1.54) is 0 Å². The normalized spacial score (nSPS) is 12.4. The first kappa shape index (κ1) is 18.7. The Labute approximate surface area is 168 Å². The number of nitrogens with zero attached hydrogens (tertiary/aromatic N) is 2. The van der Waals surface area contributed by atoms with Crippen molar-refractivity contribution < 1.29 is 23.7 Å². The first-order valence-electron chi connectivity index (χ1n) is 8.93. The first-order chi connectivity index (χ1) is 14.1. The molecule has 0 fully saturated rings. The summed E-state index contributed by atoms with van der Waals surface area (Å²) in [5.41, 5.74) is 6.23. The molecule has 0 bridgehead atoms. The number of benzene rings is 2. The average molecular weight is 395 g/mol. The second kappa shape index (κ2) is 7.75. The van der Waals surface area contributed by atoms with Crippen LogP contribution >= 0.6 is 0 Å². The van der Waals surface area contributed by atoms with E-state index in [1.54, 1.807) is 39.7 Å². The predicted molar refractivity (Wildman–Crippen MR) is 110 cm³/mol. The van der Waals surface area contributed by atoms with Gasteiger partial charge in [-0.05, 0) is 19.1 Å². The van der Waals surface area contributed by atoms with E-state index >= 15 is 0 Å². The molecule has 150 valence electrons. The summed E-state index contributed by atoms with van der Waals surface area (Å²) in [6.45, 7) is 2.14.